The summed E-state index contributed by atoms with van der Waals surface area (Å²) in [5.74, 6) is 0.00742. The van der Waals surface area contributed by atoms with E-state index in [1.54, 1.807) is 0 Å². The summed E-state index contributed by atoms with van der Waals surface area (Å²) in [4.78, 5) is 16.5. The van der Waals surface area contributed by atoms with E-state index in [1.165, 1.54) is 11.8 Å². The van der Waals surface area contributed by atoms with Crippen LogP contribution in [0.5, 0.6) is 0 Å². The fourth-order valence-electron chi connectivity index (χ4n) is 2.04. The van der Waals surface area contributed by atoms with Crippen molar-refractivity contribution in [2.75, 3.05) is 0 Å². The Morgan fingerprint density at radius 2 is 1.65 bits per heavy atom. The monoisotopic (exact) mass is 282 g/mol. The first kappa shape index (κ1) is 12.9. The maximum absolute atomic E-state index is 12.0. The molecule has 1 saturated heterocycles. The Labute approximate surface area is 122 Å². The maximum Gasteiger partial charge on any atom is 0.244 e. The van der Waals surface area contributed by atoms with Crippen LogP contribution in [0.2, 0.25) is 0 Å². The van der Waals surface area contributed by atoms with Crippen LogP contribution in [0.25, 0.3) is 0 Å². The number of carbonyl (C=O) groups is 1. The molecule has 1 aliphatic heterocycles. The highest BCUT2D eigenvalue weighted by Crippen LogP contribution is 2.34. The van der Waals surface area contributed by atoms with E-state index in [9.17, 15) is 4.79 Å². The van der Waals surface area contributed by atoms with Gasteiger partial charge in [0.1, 0.15) is 5.25 Å². The number of aliphatic imine (C=N–C) groups is 1. The van der Waals surface area contributed by atoms with E-state index in [1.807, 2.05) is 60.7 Å². The third-order valence-electron chi connectivity index (χ3n) is 3.05. The van der Waals surface area contributed by atoms with Crippen LogP contribution >= 0.6 is 11.8 Å². The number of amidine groups is 1. The summed E-state index contributed by atoms with van der Waals surface area (Å²) in [7, 11) is 0. The molecule has 0 spiro atoms. The summed E-state index contributed by atoms with van der Waals surface area (Å²) in [6.07, 6.45) is 0. The first-order chi connectivity index (χ1) is 9.83. The van der Waals surface area contributed by atoms with E-state index >= 15 is 0 Å². The first-order valence-corrected chi connectivity index (χ1v) is 7.32. The van der Waals surface area contributed by atoms with Crippen LogP contribution in [0, 0.1) is 0 Å². The predicted molar refractivity (Wildman–Crippen MR) is 82.5 cm³/mol. The van der Waals surface area contributed by atoms with Gasteiger partial charge in [-0.3, -0.25) is 9.79 Å². The fourth-order valence-corrected chi connectivity index (χ4v) is 3.02. The van der Waals surface area contributed by atoms with Crippen LogP contribution in [0.15, 0.2) is 65.7 Å². The van der Waals surface area contributed by atoms with Crippen molar-refractivity contribution in [3.05, 3.63) is 71.8 Å². The van der Waals surface area contributed by atoms with Crippen molar-refractivity contribution in [2.24, 2.45) is 4.99 Å². The minimum atomic E-state index is -0.189. The summed E-state index contributed by atoms with van der Waals surface area (Å²) >= 11 is 1.48. The predicted octanol–water partition coefficient (Wildman–Crippen LogP) is 3.15. The molecule has 1 aliphatic rings. The zero-order valence-corrected chi connectivity index (χ0v) is 11.6. The summed E-state index contributed by atoms with van der Waals surface area (Å²) < 4.78 is 0. The molecular formula is C16H14N2OS. The van der Waals surface area contributed by atoms with Crippen molar-refractivity contribution >= 4 is 22.8 Å². The fraction of sp³-hybridized carbons (Fsp3) is 0.125. The van der Waals surface area contributed by atoms with Gasteiger partial charge in [0.15, 0.2) is 5.17 Å². The van der Waals surface area contributed by atoms with Gasteiger partial charge in [-0.25, -0.2) is 0 Å². The topological polar surface area (TPSA) is 41.5 Å². The molecule has 2 aromatic rings. The number of amides is 1. The Balaban J connectivity index is 1.71. The third kappa shape index (κ3) is 2.91. The second-order valence-corrected chi connectivity index (χ2v) is 5.60. The molecule has 2 aromatic carbocycles. The van der Waals surface area contributed by atoms with Crippen LogP contribution < -0.4 is 5.32 Å². The Morgan fingerprint density at radius 3 is 2.35 bits per heavy atom. The van der Waals surface area contributed by atoms with Crippen molar-refractivity contribution in [1.29, 1.82) is 0 Å². The van der Waals surface area contributed by atoms with Crippen LogP contribution in [-0.4, -0.2) is 11.1 Å². The van der Waals surface area contributed by atoms with Crippen molar-refractivity contribution in [3.8, 4) is 0 Å². The maximum atomic E-state index is 12.0. The summed E-state index contributed by atoms with van der Waals surface area (Å²) in [5, 5.41) is 3.36. The highest BCUT2D eigenvalue weighted by Gasteiger charge is 2.31. The van der Waals surface area contributed by atoms with E-state index in [2.05, 4.69) is 10.3 Å². The van der Waals surface area contributed by atoms with Gasteiger partial charge in [-0.15, -0.1) is 0 Å². The number of benzene rings is 2. The van der Waals surface area contributed by atoms with Gasteiger partial charge in [0.25, 0.3) is 0 Å². The Kier molecular flexibility index (Phi) is 3.83. The number of rotatable bonds is 3. The molecule has 0 radical (unpaired) electrons. The zero-order chi connectivity index (χ0) is 13.8. The summed E-state index contributed by atoms with van der Waals surface area (Å²) in [5.41, 5.74) is 2.15. The molecule has 4 heteroatoms. The minimum Gasteiger partial charge on any atom is -0.304 e. The molecule has 1 unspecified atom stereocenters. The molecule has 1 amide bonds. The Hall–Kier alpha value is -2.07. The van der Waals surface area contributed by atoms with E-state index in [4.69, 9.17) is 0 Å². The molecule has 3 nitrogen and oxygen atoms in total. The van der Waals surface area contributed by atoms with Crippen LogP contribution in [0.1, 0.15) is 16.4 Å². The van der Waals surface area contributed by atoms with Gasteiger partial charge in [-0.1, -0.05) is 72.4 Å². The van der Waals surface area contributed by atoms with Gasteiger partial charge in [0, 0.05) is 0 Å². The molecule has 20 heavy (non-hydrogen) atoms. The molecule has 1 atom stereocenters. The largest absolute Gasteiger partial charge is 0.304 e. The lowest BCUT2D eigenvalue weighted by molar-refractivity contribution is -0.118. The van der Waals surface area contributed by atoms with Gasteiger partial charge in [-0.05, 0) is 11.1 Å². The molecule has 1 heterocycles. The number of nitrogens with zero attached hydrogens (tertiary/aromatic N) is 1. The van der Waals surface area contributed by atoms with Crippen molar-refractivity contribution < 1.29 is 4.79 Å². The minimum absolute atomic E-state index is 0.00742. The lowest BCUT2D eigenvalue weighted by Gasteiger charge is -2.03. The van der Waals surface area contributed by atoms with Gasteiger partial charge in [0.2, 0.25) is 5.91 Å². The summed E-state index contributed by atoms with van der Waals surface area (Å²) in [6, 6.07) is 19.8. The highest BCUT2D eigenvalue weighted by atomic mass is 32.2. The van der Waals surface area contributed by atoms with E-state index in [0.717, 1.165) is 11.1 Å². The lowest BCUT2D eigenvalue weighted by atomic mass is 10.1. The van der Waals surface area contributed by atoms with E-state index < -0.39 is 0 Å². The van der Waals surface area contributed by atoms with E-state index in [0.29, 0.717) is 11.7 Å². The van der Waals surface area contributed by atoms with E-state index in [-0.39, 0.29) is 11.2 Å². The molecule has 0 aromatic heterocycles. The Morgan fingerprint density at radius 1 is 1.00 bits per heavy atom. The number of nitrogens with one attached hydrogen (secondary N) is 1. The average Bonchev–Trinajstić information content (AvgIpc) is 2.88. The van der Waals surface area contributed by atoms with Crippen molar-refractivity contribution in [1.82, 2.24) is 5.32 Å². The summed E-state index contributed by atoms with van der Waals surface area (Å²) in [6.45, 7) is 0.588. The second-order valence-electron chi connectivity index (χ2n) is 4.50. The smallest absolute Gasteiger partial charge is 0.244 e. The van der Waals surface area contributed by atoms with Crippen LogP contribution in [0.3, 0.4) is 0 Å². The SMILES string of the molecule is O=C1NC(=NCc2ccccc2)SC1c1ccccc1. The molecule has 0 saturated carbocycles. The van der Waals surface area contributed by atoms with Crippen molar-refractivity contribution in [2.45, 2.75) is 11.8 Å². The van der Waals surface area contributed by atoms with Crippen LogP contribution in [0.4, 0.5) is 0 Å². The number of hydrogen-bond acceptors (Lipinski definition) is 3. The average molecular weight is 282 g/mol. The number of thioether (sulfide) groups is 1. The molecule has 0 bridgehead atoms. The molecule has 0 aliphatic carbocycles. The molecular weight excluding hydrogens is 268 g/mol. The standard InChI is InChI=1S/C16H14N2OS/c19-15-14(13-9-5-2-6-10-13)20-16(18-15)17-11-12-7-3-1-4-8-12/h1-10,14H,11H2,(H,17,18,19). The van der Waals surface area contributed by atoms with Gasteiger partial charge in [-0.2, -0.15) is 0 Å². The Bertz CT molecular complexity index is 625. The lowest BCUT2D eigenvalue weighted by Crippen LogP contribution is -2.21. The van der Waals surface area contributed by atoms with Gasteiger partial charge in [0.05, 0.1) is 6.54 Å². The molecule has 100 valence electrons. The highest BCUT2D eigenvalue weighted by molar-refractivity contribution is 8.15. The molecule has 3 rings (SSSR count). The number of hydrogen-bond donors (Lipinski definition) is 1. The van der Waals surface area contributed by atoms with Crippen LogP contribution in [-0.2, 0) is 11.3 Å². The third-order valence-corrected chi connectivity index (χ3v) is 4.22. The number of carbonyl (C=O) groups excluding carboxylic acids is 1. The molecule has 1 N–H and O–H groups in total. The second kappa shape index (κ2) is 5.92. The normalized spacial score (nSPS) is 20.1. The first-order valence-electron chi connectivity index (χ1n) is 6.44. The van der Waals surface area contributed by atoms with Crippen molar-refractivity contribution in [3.63, 3.8) is 0 Å². The quantitative estimate of drug-likeness (QED) is 0.939. The zero-order valence-electron chi connectivity index (χ0n) is 10.8. The molecule has 1 fully saturated rings. The van der Waals surface area contributed by atoms with Gasteiger partial charge >= 0.3 is 0 Å². The van der Waals surface area contributed by atoms with Gasteiger partial charge < -0.3 is 5.32 Å².